The quantitative estimate of drug-likeness (QED) is 0.292. The van der Waals surface area contributed by atoms with Crippen molar-refractivity contribution in [3.8, 4) is 11.4 Å². The summed E-state index contributed by atoms with van der Waals surface area (Å²) in [5.74, 6) is -7.21. The molecule has 0 bridgehead atoms. The van der Waals surface area contributed by atoms with Gasteiger partial charge in [0.2, 0.25) is 0 Å². The van der Waals surface area contributed by atoms with Gasteiger partial charge in [-0.25, -0.2) is 0 Å². The number of hydrogen-bond donors (Lipinski definition) is 2. The van der Waals surface area contributed by atoms with Crippen LogP contribution < -0.4 is 0 Å². The van der Waals surface area contributed by atoms with Crippen molar-refractivity contribution >= 4 is 34.5 Å². The van der Waals surface area contributed by atoms with Gasteiger partial charge in [0, 0.05) is 19.8 Å². The molecule has 4 heterocycles. The molecule has 2 unspecified atom stereocenters. The molecule has 0 saturated carbocycles. The summed E-state index contributed by atoms with van der Waals surface area (Å²) in [6.07, 6.45) is -4.97. The molecule has 198 valence electrons. The van der Waals surface area contributed by atoms with E-state index in [1.54, 1.807) is 30.3 Å². The number of halogens is 5. The van der Waals surface area contributed by atoms with E-state index >= 15 is 0 Å². The SMILES string of the molecule is COC(O)(c1cc(Cl)nn2c(-c3ccccc3)nnc12)C(O)(OC)c1cc(Cl)nn2c(C(F)(F)F)nnc12. The maximum Gasteiger partial charge on any atom is 0.453 e. The van der Waals surface area contributed by atoms with Gasteiger partial charge in [-0.3, -0.25) is 0 Å². The van der Waals surface area contributed by atoms with Gasteiger partial charge in [0.05, 0.1) is 11.1 Å². The Hall–Kier alpha value is -3.47. The predicted molar refractivity (Wildman–Crippen MR) is 124 cm³/mol. The number of fused-ring (bicyclic) bond motifs is 2. The molecule has 17 heteroatoms. The number of nitrogens with zero attached hydrogens (tertiary/aromatic N) is 8. The first-order valence-corrected chi connectivity index (χ1v) is 11.2. The van der Waals surface area contributed by atoms with Crippen molar-refractivity contribution < 1.29 is 32.9 Å². The van der Waals surface area contributed by atoms with Crippen LogP contribution in [0.2, 0.25) is 10.3 Å². The molecular formula is C21H15Cl2F3N8O4. The molecule has 0 spiro atoms. The van der Waals surface area contributed by atoms with Crippen LogP contribution in [0.25, 0.3) is 22.7 Å². The van der Waals surface area contributed by atoms with Crippen LogP contribution in [0, 0.1) is 0 Å². The zero-order valence-electron chi connectivity index (χ0n) is 19.2. The first-order valence-electron chi connectivity index (χ1n) is 10.5. The standard InChI is InChI=1S/C21H15Cl2F3N8O4/c1-37-19(35,11-8-13(22)31-33-15(27-28-16(11)33)10-6-4-3-5-7-10)20(36,38-2)12-9-14(23)32-34-17(12)29-30-18(34)21(24,25)26/h3-9,35-36H,1-2H3. The van der Waals surface area contributed by atoms with Gasteiger partial charge in [0.1, 0.15) is 0 Å². The van der Waals surface area contributed by atoms with E-state index in [4.69, 9.17) is 32.7 Å². The molecule has 1 aromatic carbocycles. The second-order valence-electron chi connectivity index (χ2n) is 7.84. The minimum Gasteiger partial charge on any atom is -0.357 e. The average molecular weight is 571 g/mol. The Bertz CT molecular complexity index is 1670. The highest BCUT2D eigenvalue weighted by Crippen LogP contribution is 2.45. The van der Waals surface area contributed by atoms with Crippen molar-refractivity contribution in [3.05, 3.63) is 69.7 Å². The molecule has 0 amide bonds. The van der Waals surface area contributed by atoms with E-state index in [2.05, 4.69) is 30.6 Å². The lowest BCUT2D eigenvalue weighted by Gasteiger charge is -2.40. The number of alkyl halides is 3. The summed E-state index contributed by atoms with van der Waals surface area (Å²) in [5.41, 5.74) is -1.04. The minimum absolute atomic E-state index is 0.123. The number of rotatable bonds is 6. The summed E-state index contributed by atoms with van der Waals surface area (Å²) in [4.78, 5) is 0. The van der Waals surface area contributed by atoms with Crippen molar-refractivity contribution in [1.29, 1.82) is 0 Å². The average Bonchev–Trinajstić information content (AvgIpc) is 3.51. The van der Waals surface area contributed by atoms with Crippen LogP contribution in [0.4, 0.5) is 13.2 Å². The summed E-state index contributed by atoms with van der Waals surface area (Å²) in [6.45, 7) is 0. The summed E-state index contributed by atoms with van der Waals surface area (Å²) < 4.78 is 52.6. The summed E-state index contributed by atoms with van der Waals surface area (Å²) >= 11 is 12.3. The third-order valence-corrected chi connectivity index (χ3v) is 6.12. The zero-order valence-corrected chi connectivity index (χ0v) is 20.7. The van der Waals surface area contributed by atoms with Crippen molar-refractivity contribution in [2.45, 2.75) is 17.8 Å². The maximum atomic E-state index is 13.5. The summed E-state index contributed by atoms with van der Waals surface area (Å²) in [7, 11) is 1.98. The molecule has 0 aliphatic heterocycles. The van der Waals surface area contributed by atoms with Crippen LogP contribution in [0.15, 0.2) is 42.5 Å². The van der Waals surface area contributed by atoms with Crippen molar-refractivity contribution in [1.82, 2.24) is 39.6 Å². The normalized spacial score (nSPS) is 15.6. The number of methoxy groups -OCH3 is 2. The van der Waals surface area contributed by atoms with Crippen LogP contribution in [0.3, 0.4) is 0 Å². The molecule has 38 heavy (non-hydrogen) atoms. The molecular weight excluding hydrogens is 556 g/mol. The lowest BCUT2D eigenvalue weighted by Crippen LogP contribution is -2.52. The number of benzene rings is 1. The second-order valence-corrected chi connectivity index (χ2v) is 8.61. The van der Waals surface area contributed by atoms with E-state index in [9.17, 15) is 23.4 Å². The lowest BCUT2D eigenvalue weighted by atomic mass is 9.91. The van der Waals surface area contributed by atoms with Crippen molar-refractivity contribution in [2.75, 3.05) is 14.2 Å². The Balaban J connectivity index is 1.79. The van der Waals surface area contributed by atoms with Gasteiger partial charge in [-0.2, -0.15) is 32.4 Å². The van der Waals surface area contributed by atoms with E-state index in [-0.39, 0.29) is 26.7 Å². The van der Waals surface area contributed by atoms with E-state index in [0.29, 0.717) is 5.56 Å². The van der Waals surface area contributed by atoms with Gasteiger partial charge in [0.25, 0.3) is 17.4 Å². The highest BCUT2D eigenvalue weighted by Gasteiger charge is 2.57. The molecule has 4 aromatic heterocycles. The largest absolute Gasteiger partial charge is 0.453 e. The van der Waals surface area contributed by atoms with Crippen molar-refractivity contribution in [2.24, 2.45) is 0 Å². The number of aliphatic hydroxyl groups is 2. The predicted octanol–water partition coefficient (Wildman–Crippen LogP) is 2.84. The Morgan fingerprint density at radius 2 is 1.26 bits per heavy atom. The second kappa shape index (κ2) is 9.07. The Morgan fingerprint density at radius 3 is 1.79 bits per heavy atom. The van der Waals surface area contributed by atoms with Gasteiger partial charge in [-0.15, -0.1) is 20.4 Å². The molecule has 0 aliphatic rings. The molecule has 2 atom stereocenters. The smallest absolute Gasteiger partial charge is 0.357 e. The Labute approximate surface area is 220 Å². The molecule has 0 saturated heterocycles. The Morgan fingerprint density at radius 1 is 0.763 bits per heavy atom. The van der Waals surface area contributed by atoms with Crippen LogP contribution in [0.1, 0.15) is 17.0 Å². The molecule has 0 aliphatic carbocycles. The maximum absolute atomic E-state index is 13.5. The van der Waals surface area contributed by atoms with Crippen LogP contribution in [-0.2, 0) is 27.2 Å². The monoisotopic (exact) mass is 570 g/mol. The van der Waals surface area contributed by atoms with E-state index < -0.39 is 39.9 Å². The summed E-state index contributed by atoms with van der Waals surface area (Å²) in [6, 6.07) is 10.8. The molecule has 0 radical (unpaired) electrons. The van der Waals surface area contributed by atoms with Crippen LogP contribution >= 0.6 is 23.2 Å². The molecule has 5 aromatic rings. The van der Waals surface area contributed by atoms with Gasteiger partial charge in [-0.05, 0) is 12.1 Å². The minimum atomic E-state index is -4.97. The molecule has 0 fully saturated rings. The Kier molecular flexibility index (Phi) is 6.24. The lowest BCUT2D eigenvalue weighted by molar-refractivity contribution is -0.390. The topological polar surface area (TPSA) is 145 Å². The van der Waals surface area contributed by atoms with Crippen LogP contribution in [0.5, 0.6) is 0 Å². The van der Waals surface area contributed by atoms with Crippen LogP contribution in [-0.4, -0.2) is 64.1 Å². The third kappa shape index (κ3) is 3.86. The van der Waals surface area contributed by atoms with Gasteiger partial charge in [-0.1, -0.05) is 53.5 Å². The fourth-order valence-corrected chi connectivity index (χ4v) is 4.37. The number of aromatic nitrogens is 8. The fourth-order valence-electron chi connectivity index (χ4n) is 4.01. The summed E-state index contributed by atoms with van der Waals surface area (Å²) in [5, 5.41) is 45.5. The third-order valence-electron chi connectivity index (χ3n) is 5.75. The highest BCUT2D eigenvalue weighted by molar-refractivity contribution is 6.29. The van der Waals surface area contributed by atoms with E-state index in [1.807, 2.05) is 0 Å². The molecule has 5 rings (SSSR count). The highest BCUT2D eigenvalue weighted by atomic mass is 35.5. The molecule has 2 N–H and O–H groups in total. The fraction of sp³-hybridized carbons (Fsp3) is 0.238. The number of ether oxygens (including phenoxy) is 2. The van der Waals surface area contributed by atoms with Gasteiger partial charge < -0.3 is 19.7 Å². The first kappa shape index (κ1) is 26.1. The first-order chi connectivity index (χ1) is 17.9. The van der Waals surface area contributed by atoms with E-state index in [1.165, 1.54) is 4.52 Å². The van der Waals surface area contributed by atoms with Gasteiger partial charge in [0.15, 0.2) is 27.4 Å². The van der Waals surface area contributed by atoms with Gasteiger partial charge >= 0.3 is 6.18 Å². The number of hydrogen-bond acceptors (Lipinski definition) is 10. The van der Waals surface area contributed by atoms with Crippen molar-refractivity contribution in [3.63, 3.8) is 0 Å². The van der Waals surface area contributed by atoms with E-state index in [0.717, 1.165) is 26.4 Å². The zero-order chi connectivity index (χ0) is 27.5. The molecule has 12 nitrogen and oxygen atoms in total.